The molecular weight excluding hydrogens is 254 g/mol. The summed E-state index contributed by atoms with van der Waals surface area (Å²) in [5.74, 6) is 0.683. The molecule has 1 aromatic heterocycles. The van der Waals surface area contributed by atoms with Crippen molar-refractivity contribution < 1.29 is 4.74 Å². The summed E-state index contributed by atoms with van der Waals surface area (Å²) in [5, 5.41) is 6.59. The minimum absolute atomic E-state index is 0.397. The van der Waals surface area contributed by atoms with Crippen LogP contribution < -0.4 is 5.32 Å². The fourth-order valence-corrected chi connectivity index (χ4v) is 3.54. The van der Waals surface area contributed by atoms with Crippen LogP contribution in [-0.4, -0.2) is 19.8 Å². The third-order valence-electron chi connectivity index (χ3n) is 3.20. The van der Waals surface area contributed by atoms with Crippen LogP contribution in [0.4, 0.5) is 0 Å². The molecule has 2 atom stereocenters. The SMILES string of the molecule is CCCNC(CC1CCOC1)c1sccc1Cl. The van der Waals surface area contributed by atoms with Gasteiger partial charge in [0, 0.05) is 24.1 Å². The van der Waals surface area contributed by atoms with Gasteiger partial charge < -0.3 is 10.1 Å². The van der Waals surface area contributed by atoms with Gasteiger partial charge in [0.2, 0.25) is 0 Å². The van der Waals surface area contributed by atoms with Crippen LogP contribution in [0.1, 0.15) is 37.1 Å². The Hall–Kier alpha value is -0.0900. The van der Waals surface area contributed by atoms with E-state index in [1.54, 1.807) is 11.3 Å². The summed E-state index contributed by atoms with van der Waals surface area (Å²) in [6, 6.07) is 2.39. The highest BCUT2D eigenvalue weighted by molar-refractivity contribution is 7.10. The molecular formula is C13H20ClNOS. The van der Waals surface area contributed by atoms with E-state index in [2.05, 4.69) is 17.6 Å². The Morgan fingerprint density at radius 3 is 3.12 bits per heavy atom. The first-order chi connectivity index (χ1) is 8.31. The predicted molar refractivity (Wildman–Crippen MR) is 73.9 cm³/mol. The normalized spacial score (nSPS) is 21.9. The predicted octanol–water partition coefficient (Wildman–Crippen LogP) is 3.87. The monoisotopic (exact) mass is 273 g/mol. The van der Waals surface area contributed by atoms with Crippen molar-refractivity contribution in [1.29, 1.82) is 0 Å². The van der Waals surface area contributed by atoms with Crippen LogP contribution in [0.2, 0.25) is 5.02 Å². The first kappa shape index (κ1) is 13.3. The zero-order valence-corrected chi connectivity index (χ0v) is 11.8. The first-order valence-electron chi connectivity index (χ1n) is 6.35. The molecule has 1 N–H and O–H groups in total. The van der Waals surface area contributed by atoms with Crippen molar-refractivity contribution in [2.75, 3.05) is 19.8 Å². The lowest BCUT2D eigenvalue weighted by Gasteiger charge is -2.20. The van der Waals surface area contributed by atoms with Crippen LogP contribution in [-0.2, 0) is 4.74 Å². The number of halogens is 1. The average Bonchev–Trinajstić information content (AvgIpc) is 2.95. The van der Waals surface area contributed by atoms with E-state index in [1.165, 1.54) is 11.3 Å². The van der Waals surface area contributed by atoms with E-state index < -0.39 is 0 Å². The van der Waals surface area contributed by atoms with Crippen LogP contribution in [0.25, 0.3) is 0 Å². The molecule has 1 fully saturated rings. The van der Waals surface area contributed by atoms with Gasteiger partial charge >= 0.3 is 0 Å². The Labute approximate surface area is 112 Å². The molecule has 2 nitrogen and oxygen atoms in total. The minimum Gasteiger partial charge on any atom is -0.381 e. The third-order valence-corrected chi connectivity index (χ3v) is 4.67. The standard InChI is InChI=1S/C13H20ClNOS/c1-2-5-15-12(8-10-3-6-16-9-10)13-11(14)4-7-17-13/h4,7,10,12,15H,2-3,5-6,8-9H2,1H3. The van der Waals surface area contributed by atoms with Crippen molar-refractivity contribution in [2.24, 2.45) is 5.92 Å². The summed E-state index contributed by atoms with van der Waals surface area (Å²) in [4.78, 5) is 1.28. The zero-order valence-electron chi connectivity index (χ0n) is 10.2. The second kappa shape index (κ2) is 6.74. The molecule has 17 heavy (non-hydrogen) atoms. The van der Waals surface area contributed by atoms with Gasteiger partial charge in [-0.05, 0) is 43.2 Å². The van der Waals surface area contributed by atoms with E-state index in [-0.39, 0.29) is 0 Å². The Morgan fingerprint density at radius 1 is 1.65 bits per heavy atom. The smallest absolute Gasteiger partial charge is 0.0561 e. The van der Waals surface area contributed by atoms with E-state index in [4.69, 9.17) is 16.3 Å². The van der Waals surface area contributed by atoms with Gasteiger partial charge in [-0.25, -0.2) is 0 Å². The lowest BCUT2D eigenvalue weighted by Crippen LogP contribution is -2.24. The molecule has 1 aliphatic rings. The Bertz CT molecular complexity index is 336. The number of hydrogen-bond donors (Lipinski definition) is 1. The van der Waals surface area contributed by atoms with E-state index >= 15 is 0 Å². The molecule has 0 radical (unpaired) electrons. The average molecular weight is 274 g/mol. The second-order valence-corrected chi connectivity index (χ2v) is 5.96. The molecule has 1 aliphatic heterocycles. The van der Waals surface area contributed by atoms with E-state index in [1.807, 2.05) is 6.07 Å². The minimum atomic E-state index is 0.397. The maximum absolute atomic E-state index is 6.24. The summed E-state index contributed by atoms with van der Waals surface area (Å²) < 4.78 is 5.45. The van der Waals surface area contributed by atoms with Crippen molar-refractivity contribution in [3.8, 4) is 0 Å². The molecule has 4 heteroatoms. The largest absolute Gasteiger partial charge is 0.381 e. The first-order valence-corrected chi connectivity index (χ1v) is 7.61. The number of nitrogens with one attached hydrogen (secondary N) is 1. The van der Waals surface area contributed by atoms with E-state index in [0.717, 1.165) is 37.6 Å². The van der Waals surface area contributed by atoms with Crippen LogP contribution in [0.15, 0.2) is 11.4 Å². The quantitative estimate of drug-likeness (QED) is 0.850. The van der Waals surface area contributed by atoms with Crippen LogP contribution >= 0.6 is 22.9 Å². The Morgan fingerprint density at radius 2 is 2.53 bits per heavy atom. The lowest BCUT2D eigenvalue weighted by molar-refractivity contribution is 0.181. The van der Waals surface area contributed by atoms with Crippen LogP contribution in [0, 0.1) is 5.92 Å². The maximum Gasteiger partial charge on any atom is 0.0561 e. The van der Waals surface area contributed by atoms with Gasteiger partial charge in [-0.2, -0.15) is 0 Å². The zero-order chi connectivity index (χ0) is 12.1. The van der Waals surface area contributed by atoms with Gasteiger partial charge in [0.25, 0.3) is 0 Å². The second-order valence-electron chi connectivity index (χ2n) is 4.60. The van der Waals surface area contributed by atoms with Crippen molar-refractivity contribution in [2.45, 2.75) is 32.2 Å². The van der Waals surface area contributed by atoms with Gasteiger partial charge in [0.05, 0.1) is 5.02 Å². The molecule has 0 saturated carbocycles. The van der Waals surface area contributed by atoms with Crippen molar-refractivity contribution in [1.82, 2.24) is 5.32 Å². The summed E-state index contributed by atoms with van der Waals surface area (Å²) in [6.45, 7) is 5.07. The van der Waals surface area contributed by atoms with Gasteiger partial charge in [-0.3, -0.25) is 0 Å². The molecule has 0 bridgehead atoms. The molecule has 0 amide bonds. The molecule has 2 rings (SSSR count). The molecule has 0 aliphatic carbocycles. The molecule has 2 heterocycles. The van der Waals surface area contributed by atoms with Crippen LogP contribution in [0.5, 0.6) is 0 Å². The van der Waals surface area contributed by atoms with Gasteiger partial charge in [-0.1, -0.05) is 18.5 Å². The Balaban J connectivity index is 1.99. The van der Waals surface area contributed by atoms with Gasteiger partial charge in [0.15, 0.2) is 0 Å². The molecule has 0 aromatic carbocycles. The van der Waals surface area contributed by atoms with Gasteiger partial charge in [-0.15, -0.1) is 11.3 Å². The highest BCUT2D eigenvalue weighted by Gasteiger charge is 2.23. The summed E-state index contributed by atoms with van der Waals surface area (Å²) in [7, 11) is 0. The maximum atomic E-state index is 6.24. The topological polar surface area (TPSA) is 21.3 Å². The third kappa shape index (κ3) is 3.68. The number of ether oxygens (including phenoxy) is 1. The van der Waals surface area contributed by atoms with Crippen LogP contribution in [0.3, 0.4) is 0 Å². The molecule has 96 valence electrons. The molecule has 1 saturated heterocycles. The van der Waals surface area contributed by atoms with Gasteiger partial charge in [0.1, 0.15) is 0 Å². The molecule has 1 aromatic rings. The number of thiophene rings is 1. The number of hydrogen-bond acceptors (Lipinski definition) is 3. The fraction of sp³-hybridized carbons (Fsp3) is 0.692. The Kier molecular flexibility index (Phi) is 5.29. The van der Waals surface area contributed by atoms with Crippen molar-refractivity contribution in [3.63, 3.8) is 0 Å². The lowest BCUT2D eigenvalue weighted by atomic mass is 9.98. The molecule has 0 spiro atoms. The summed E-state index contributed by atoms with van der Waals surface area (Å²) in [6.07, 6.45) is 3.48. The highest BCUT2D eigenvalue weighted by atomic mass is 35.5. The molecule has 2 unspecified atom stereocenters. The summed E-state index contributed by atoms with van der Waals surface area (Å²) >= 11 is 7.99. The summed E-state index contributed by atoms with van der Waals surface area (Å²) in [5.41, 5.74) is 0. The van der Waals surface area contributed by atoms with Crippen molar-refractivity contribution >= 4 is 22.9 Å². The fourth-order valence-electron chi connectivity index (χ4n) is 2.26. The highest BCUT2D eigenvalue weighted by Crippen LogP contribution is 2.34. The van der Waals surface area contributed by atoms with E-state index in [9.17, 15) is 0 Å². The van der Waals surface area contributed by atoms with E-state index in [0.29, 0.717) is 12.0 Å². The van der Waals surface area contributed by atoms with Crippen molar-refractivity contribution in [3.05, 3.63) is 21.3 Å². The number of rotatable bonds is 6.